The van der Waals surface area contributed by atoms with Crippen LogP contribution in [-0.4, -0.2) is 22.0 Å². The molecule has 1 amide bonds. The van der Waals surface area contributed by atoms with Crippen LogP contribution in [0.4, 0.5) is 5.69 Å². The second-order valence-electron chi connectivity index (χ2n) is 4.73. The molecule has 21 heavy (non-hydrogen) atoms. The highest BCUT2D eigenvalue weighted by molar-refractivity contribution is 9.10. The molecule has 0 bridgehead atoms. The van der Waals surface area contributed by atoms with Gasteiger partial charge in [-0.1, -0.05) is 12.1 Å². The highest BCUT2D eigenvalue weighted by Gasteiger charge is 2.15. The molecule has 0 unspecified atom stereocenters. The summed E-state index contributed by atoms with van der Waals surface area (Å²) < 4.78 is 0.714. The predicted octanol–water partition coefficient (Wildman–Crippen LogP) is 2.37. The highest BCUT2D eigenvalue weighted by atomic mass is 79.9. The predicted molar refractivity (Wildman–Crippen MR) is 85.1 cm³/mol. The maximum absolute atomic E-state index is 12.1. The zero-order valence-corrected chi connectivity index (χ0v) is 13.1. The maximum Gasteiger partial charge on any atom is 0.241 e. The van der Waals surface area contributed by atoms with Gasteiger partial charge >= 0.3 is 0 Å². The Morgan fingerprint density at radius 1 is 1.33 bits per heavy atom. The molecule has 2 aromatic rings. The third-order valence-corrected chi connectivity index (χ3v) is 3.48. The van der Waals surface area contributed by atoms with Gasteiger partial charge in [0, 0.05) is 0 Å². The van der Waals surface area contributed by atoms with Crippen molar-refractivity contribution in [2.24, 2.45) is 5.73 Å². The molecule has 0 spiro atoms. The van der Waals surface area contributed by atoms with Gasteiger partial charge in [-0.3, -0.25) is 4.79 Å². The molecule has 2 rings (SSSR count). The van der Waals surface area contributed by atoms with Crippen LogP contribution < -0.4 is 11.1 Å². The molecule has 4 N–H and O–H groups in total. The van der Waals surface area contributed by atoms with Crippen LogP contribution in [0.2, 0.25) is 0 Å². The van der Waals surface area contributed by atoms with Gasteiger partial charge in [-0.15, -0.1) is 0 Å². The minimum atomic E-state index is -0.669. The van der Waals surface area contributed by atoms with Gasteiger partial charge in [0.1, 0.15) is 10.4 Å². The number of carbonyl (C=O) groups is 1. The van der Waals surface area contributed by atoms with E-state index in [1.807, 2.05) is 6.92 Å². The van der Waals surface area contributed by atoms with Crippen molar-refractivity contribution in [1.29, 1.82) is 0 Å². The molecular formula is C15H16BrN3O2. The van der Waals surface area contributed by atoms with Crippen molar-refractivity contribution in [3.8, 4) is 5.75 Å². The van der Waals surface area contributed by atoms with Crippen LogP contribution in [0.15, 0.2) is 41.0 Å². The normalized spacial score (nSPS) is 12.0. The Hall–Kier alpha value is -1.92. The first-order valence-corrected chi connectivity index (χ1v) is 7.22. The summed E-state index contributed by atoms with van der Waals surface area (Å²) in [7, 11) is 0. The van der Waals surface area contributed by atoms with Gasteiger partial charge in [-0.25, -0.2) is 4.98 Å². The van der Waals surface area contributed by atoms with E-state index in [1.54, 1.807) is 36.4 Å². The van der Waals surface area contributed by atoms with E-state index in [0.717, 1.165) is 11.3 Å². The fourth-order valence-corrected chi connectivity index (χ4v) is 2.26. The summed E-state index contributed by atoms with van der Waals surface area (Å²) in [6.07, 6.45) is 0.398. The minimum absolute atomic E-state index is 0.188. The summed E-state index contributed by atoms with van der Waals surface area (Å²) in [5.74, 6) is -0.0800. The number of aromatic nitrogens is 1. The number of carbonyl (C=O) groups excluding carboxylic acids is 1. The Labute approximate surface area is 131 Å². The molecule has 1 heterocycles. The van der Waals surface area contributed by atoms with Crippen molar-refractivity contribution in [3.05, 3.63) is 52.3 Å². The van der Waals surface area contributed by atoms with Crippen LogP contribution in [0.25, 0.3) is 0 Å². The zero-order valence-electron chi connectivity index (χ0n) is 11.5. The number of benzene rings is 1. The van der Waals surface area contributed by atoms with Gasteiger partial charge in [0.05, 0.1) is 17.4 Å². The maximum atomic E-state index is 12.1. The van der Waals surface area contributed by atoms with E-state index in [-0.39, 0.29) is 11.7 Å². The van der Waals surface area contributed by atoms with Gasteiger partial charge in [-0.2, -0.15) is 0 Å². The second-order valence-corrected chi connectivity index (χ2v) is 5.55. The molecule has 0 saturated heterocycles. The van der Waals surface area contributed by atoms with Crippen molar-refractivity contribution < 1.29 is 9.90 Å². The quantitative estimate of drug-likeness (QED) is 0.739. The number of aryl methyl sites for hydroxylation is 1. The van der Waals surface area contributed by atoms with Crippen LogP contribution in [0, 0.1) is 6.92 Å². The van der Waals surface area contributed by atoms with Gasteiger partial charge in [0.25, 0.3) is 0 Å². The van der Waals surface area contributed by atoms with Gasteiger partial charge in [0.15, 0.2) is 0 Å². The molecule has 5 nitrogen and oxygen atoms in total. The molecule has 0 fully saturated rings. The van der Waals surface area contributed by atoms with Gasteiger partial charge in [-0.05, 0) is 59.1 Å². The fourth-order valence-electron chi connectivity index (χ4n) is 1.87. The SMILES string of the molecule is Cc1nc(Br)ccc1NC(=O)[C@H](N)Cc1ccc(O)cc1. The van der Waals surface area contributed by atoms with Crippen molar-refractivity contribution in [2.75, 3.05) is 5.32 Å². The van der Waals surface area contributed by atoms with Crippen molar-refractivity contribution in [2.45, 2.75) is 19.4 Å². The molecule has 0 aliphatic carbocycles. The fraction of sp³-hybridized carbons (Fsp3) is 0.200. The first-order valence-electron chi connectivity index (χ1n) is 6.43. The number of hydrogen-bond donors (Lipinski definition) is 3. The first-order chi connectivity index (χ1) is 9.95. The molecule has 0 radical (unpaired) electrons. The number of pyridine rings is 1. The third kappa shape index (κ3) is 4.27. The molecule has 1 aromatic carbocycles. The largest absolute Gasteiger partial charge is 0.508 e. The average Bonchev–Trinajstić information content (AvgIpc) is 2.44. The van der Waals surface area contributed by atoms with E-state index >= 15 is 0 Å². The van der Waals surface area contributed by atoms with Crippen LogP contribution in [0.5, 0.6) is 5.75 Å². The van der Waals surface area contributed by atoms with Crippen molar-refractivity contribution in [3.63, 3.8) is 0 Å². The number of nitrogens with zero attached hydrogens (tertiary/aromatic N) is 1. The molecule has 0 saturated carbocycles. The first kappa shape index (κ1) is 15.5. The molecule has 110 valence electrons. The third-order valence-electron chi connectivity index (χ3n) is 3.04. The molecule has 6 heteroatoms. The van der Waals surface area contributed by atoms with E-state index < -0.39 is 6.04 Å². The summed E-state index contributed by atoms with van der Waals surface area (Å²) in [4.78, 5) is 16.3. The summed E-state index contributed by atoms with van der Waals surface area (Å²) in [6, 6.07) is 9.50. The Bertz CT molecular complexity index is 644. The van der Waals surface area contributed by atoms with E-state index in [9.17, 15) is 9.90 Å². The molecule has 1 atom stereocenters. The zero-order chi connectivity index (χ0) is 15.4. The number of hydrogen-bond acceptors (Lipinski definition) is 4. The topological polar surface area (TPSA) is 88.2 Å². The Morgan fingerprint density at radius 2 is 2.00 bits per heavy atom. The number of nitrogens with one attached hydrogen (secondary N) is 1. The molecule has 1 aromatic heterocycles. The average molecular weight is 350 g/mol. The smallest absolute Gasteiger partial charge is 0.241 e. The summed E-state index contributed by atoms with van der Waals surface area (Å²) in [5, 5.41) is 12.0. The lowest BCUT2D eigenvalue weighted by Gasteiger charge is -2.13. The lowest BCUT2D eigenvalue weighted by Crippen LogP contribution is -2.37. The molecule has 0 aliphatic rings. The number of phenols is 1. The van der Waals surface area contributed by atoms with Gasteiger partial charge < -0.3 is 16.2 Å². The standard InChI is InChI=1S/C15H16BrN3O2/c1-9-13(6-7-14(16)18-9)19-15(21)12(17)8-10-2-4-11(20)5-3-10/h2-7,12,20H,8,17H2,1H3,(H,19,21)/t12-/m1/s1. The summed E-state index contributed by atoms with van der Waals surface area (Å²) >= 11 is 3.27. The lowest BCUT2D eigenvalue weighted by molar-refractivity contribution is -0.117. The van der Waals surface area contributed by atoms with Crippen molar-refractivity contribution >= 4 is 27.5 Å². The molecule has 0 aliphatic heterocycles. The minimum Gasteiger partial charge on any atom is -0.508 e. The number of anilines is 1. The number of nitrogens with two attached hydrogens (primary N) is 1. The Kier molecular flexibility index (Phi) is 4.93. The van der Waals surface area contributed by atoms with Crippen molar-refractivity contribution in [1.82, 2.24) is 4.98 Å². The van der Waals surface area contributed by atoms with Crippen LogP contribution in [0.3, 0.4) is 0 Å². The number of phenolic OH excluding ortho intramolecular Hbond substituents is 1. The lowest BCUT2D eigenvalue weighted by atomic mass is 10.1. The van der Waals surface area contributed by atoms with E-state index in [2.05, 4.69) is 26.2 Å². The van der Waals surface area contributed by atoms with E-state index in [0.29, 0.717) is 16.7 Å². The number of aromatic hydroxyl groups is 1. The molecular weight excluding hydrogens is 334 g/mol. The van der Waals surface area contributed by atoms with Crippen LogP contribution >= 0.6 is 15.9 Å². The van der Waals surface area contributed by atoms with Crippen LogP contribution in [-0.2, 0) is 11.2 Å². The highest BCUT2D eigenvalue weighted by Crippen LogP contribution is 2.17. The summed E-state index contributed by atoms with van der Waals surface area (Å²) in [6.45, 7) is 1.81. The number of rotatable bonds is 4. The number of amides is 1. The Balaban J connectivity index is 2.00. The summed E-state index contributed by atoms with van der Waals surface area (Å²) in [5.41, 5.74) is 8.16. The van der Waals surface area contributed by atoms with E-state index in [4.69, 9.17) is 5.73 Å². The van der Waals surface area contributed by atoms with Gasteiger partial charge in [0.2, 0.25) is 5.91 Å². The Morgan fingerprint density at radius 3 is 2.62 bits per heavy atom. The number of halogens is 1. The van der Waals surface area contributed by atoms with E-state index in [1.165, 1.54) is 0 Å². The second kappa shape index (κ2) is 6.69. The monoisotopic (exact) mass is 349 g/mol. The van der Waals surface area contributed by atoms with Crippen LogP contribution in [0.1, 0.15) is 11.3 Å².